The highest BCUT2D eigenvalue weighted by Crippen LogP contribution is 2.52. The first-order chi connectivity index (χ1) is 14.4. The Bertz CT molecular complexity index is 466. The van der Waals surface area contributed by atoms with Crippen LogP contribution in [0, 0.1) is 6.57 Å². The van der Waals surface area contributed by atoms with Crippen LogP contribution >= 0.6 is 8.53 Å². The molecule has 0 saturated carbocycles. The Morgan fingerprint density at radius 3 is 2.17 bits per heavy atom. The van der Waals surface area contributed by atoms with E-state index in [1.54, 1.807) is 0 Å². The van der Waals surface area contributed by atoms with Crippen molar-refractivity contribution in [2.45, 2.75) is 117 Å². The molecule has 0 aromatic rings. The summed E-state index contributed by atoms with van der Waals surface area (Å²) in [7, 11) is -1.16. The van der Waals surface area contributed by atoms with Crippen molar-refractivity contribution in [2.75, 3.05) is 32.8 Å². The zero-order valence-electron chi connectivity index (χ0n) is 20.7. The van der Waals surface area contributed by atoms with Crippen LogP contribution in [0.1, 0.15) is 99.3 Å². The van der Waals surface area contributed by atoms with Crippen molar-refractivity contribution in [3.05, 3.63) is 11.4 Å². The maximum Gasteiger partial charge on any atom is 0.260 e. The molecule has 0 bridgehead atoms. The number of hydrogen-bond donors (Lipinski definition) is 0. The summed E-state index contributed by atoms with van der Waals surface area (Å²) in [6.45, 7) is 24.8. The molecule has 1 atom stereocenters. The van der Waals surface area contributed by atoms with E-state index in [1.807, 2.05) is 0 Å². The van der Waals surface area contributed by atoms with Crippen molar-refractivity contribution in [3.63, 3.8) is 0 Å². The number of unbranched alkanes of at least 4 members (excludes halogenated alkanes) is 4. The van der Waals surface area contributed by atoms with E-state index in [0.29, 0.717) is 25.2 Å². The summed E-state index contributed by atoms with van der Waals surface area (Å²) in [5.41, 5.74) is -0.0840. The van der Waals surface area contributed by atoms with Crippen molar-refractivity contribution in [2.24, 2.45) is 0 Å². The molecule has 5 nitrogen and oxygen atoms in total. The molecule has 0 spiro atoms. The van der Waals surface area contributed by atoms with E-state index < -0.39 is 8.53 Å². The molecule has 6 heteroatoms. The maximum atomic E-state index is 7.09. The molecular weight excluding hydrogens is 393 g/mol. The first-order valence-electron chi connectivity index (χ1n) is 12.3. The van der Waals surface area contributed by atoms with Gasteiger partial charge in [0, 0.05) is 25.2 Å². The quantitative estimate of drug-likeness (QED) is 0.148. The summed E-state index contributed by atoms with van der Waals surface area (Å²) in [5.74, 6) is 0. The van der Waals surface area contributed by atoms with Crippen LogP contribution in [0.15, 0.2) is 0 Å². The topological polar surface area (TPSA) is 29.3 Å². The average molecular weight is 442 g/mol. The highest BCUT2D eigenvalue weighted by molar-refractivity contribution is 7.44. The van der Waals surface area contributed by atoms with Gasteiger partial charge < -0.3 is 18.8 Å². The first-order valence-corrected chi connectivity index (χ1v) is 13.5. The number of piperidine rings is 1. The molecule has 1 aliphatic rings. The normalized spacial score (nSPS) is 18.3. The predicted octanol–water partition coefficient (Wildman–Crippen LogP) is 6.89. The maximum absolute atomic E-state index is 7.09. The second-order valence-electron chi connectivity index (χ2n) is 9.30. The van der Waals surface area contributed by atoms with Gasteiger partial charge in [0.15, 0.2) is 0 Å². The predicted molar refractivity (Wildman–Crippen MR) is 130 cm³/mol. The molecule has 0 aromatic heterocycles. The van der Waals surface area contributed by atoms with Crippen molar-refractivity contribution >= 4 is 8.53 Å². The van der Waals surface area contributed by atoms with Crippen LogP contribution in [0.4, 0.5) is 0 Å². The molecule has 1 saturated heterocycles. The SMILES string of the molecule is [C-]#[N+]CCOP(OC1(CCC)CCN(CCCCCCC)CC1)N(C(C)C)C(C)C. The lowest BCUT2D eigenvalue weighted by molar-refractivity contribution is -0.0185. The number of rotatable bonds is 16. The molecular formula is C24H48N3O2P. The van der Waals surface area contributed by atoms with Crippen LogP contribution in [-0.2, 0) is 9.05 Å². The van der Waals surface area contributed by atoms with Gasteiger partial charge in [-0.05, 0) is 59.9 Å². The second kappa shape index (κ2) is 15.5. The molecule has 0 amide bonds. The number of likely N-dealkylation sites (tertiary alicyclic amines) is 1. The van der Waals surface area contributed by atoms with Gasteiger partial charge in [0.1, 0.15) is 6.61 Å². The summed E-state index contributed by atoms with van der Waals surface area (Å²) in [6.07, 6.45) is 11.1. The third kappa shape index (κ3) is 9.92. The average Bonchev–Trinajstić information content (AvgIpc) is 2.69. The lowest BCUT2D eigenvalue weighted by atomic mass is 9.87. The van der Waals surface area contributed by atoms with Gasteiger partial charge in [-0.1, -0.05) is 46.0 Å². The zero-order valence-corrected chi connectivity index (χ0v) is 21.6. The molecule has 0 N–H and O–H groups in total. The Labute approximate surface area is 188 Å². The smallest absolute Gasteiger partial charge is 0.260 e. The Kier molecular flexibility index (Phi) is 14.4. The third-order valence-corrected chi connectivity index (χ3v) is 8.22. The van der Waals surface area contributed by atoms with E-state index in [0.717, 1.165) is 38.8 Å². The molecule has 30 heavy (non-hydrogen) atoms. The van der Waals surface area contributed by atoms with Crippen molar-refractivity contribution in [1.82, 2.24) is 9.57 Å². The van der Waals surface area contributed by atoms with E-state index >= 15 is 0 Å². The van der Waals surface area contributed by atoms with Crippen LogP contribution in [-0.4, -0.2) is 60.0 Å². The largest absolute Gasteiger partial charge is 0.315 e. The van der Waals surface area contributed by atoms with E-state index in [9.17, 15) is 0 Å². The lowest BCUT2D eigenvalue weighted by Crippen LogP contribution is -2.47. The Balaban J connectivity index is 2.74. The summed E-state index contributed by atoms with van der Waals surface area (Å²) in [5, 5.41) is 0. The molecule has 1 unspecified atom stereocenters. The first kappa shape index (κ1) is 27.8. The summed E-state index contributed by atoms with van der Waals surface area (Å²) < 4.78 is 15.5. The summed E-state index contributed by atoms with van der Waals surface area (Å²) >= 11 is 0. The molecule has 1 aliphatic heterocycles. The fraction of sp³-hybridized carbons (Fsp3) is 0.958. The van der Waals surface area contributed by atoms with E-state index in [-0.39, 0.29) is 5.60 Å². The zero-order chi connectivity index (χ0) is 22.4. The minimum absolute atomic E-state index is 0.0840. The molecule has 0 aliphatic carbocycles. The molecule has 1 fully saturated rings. The van der Waals surface area contributed by atoms with Gasteiger partial charge in [0.05, 0.1) is 5.60 Å². The fourth-order valence-electron chi connectivity index (χ4n) is 4.41. The van der Waals surface area contributed by atoms with E-state index in [1.165, 1.54) is 38.6 Å². The van der Waals surface area contributed by atoms with Gasteiger partial charge in [0.2, 0.25) is 6.54 Å². The van der Waals surface area contributed by atoms with Crippen LogP contribution < -0.4 is 0 Å². The fourth-order valence-corrected chi connectivity index (χ4v) is 6.29. The highest BCUT2D eigenvalue weighted by atomic mass is 31.2. The Hall–Kier alpha value is -0.240. The lowest BCUT2D eigenvalue weighted by Gasteiger charge is -2.46. The van der Waals surface area contributed by atoms with Gasteiger partial charge in [-0.25, -0.2) is 11.2 Å². The molecule has 1 rings (SSSR count). The monoisotopic (exact) mass is 441 g/mol. The van der Waals surface area contributed by atoms with E-state index in [2.05, 4.69) is 56.0 Å². The summed E-state index contributed by atoms with van der Waals surface area (Å²) in [4.78, 5) is 6.10. The van der Waals surface area contributed by atoms with Crippen LogP contribution in [0.2, 0.25) is 0 Å². The highest BCUT2D eigenvalue weighted by Gasteiger charge is 2.40. The Morgan fingerprint density at radius 1 is 1.00 bits per heavy atom. The van der Waals surface area contributed by atoms with Crippen LogP contribution in [0.5, 0.6) is 0 Å². The molecule has 0 radical (unpaired) electrons. The number of nitrogens with zero attached hydrogens (tertiary/aromatic N) is 3. The van der Waals surface area contributed by atoms with E-state index in [4.69, 9.17) is 15.6 Å². The molecule has 176 valence electrons. The standard InChI is InChI=1S/C24H48N3O2P/c1-8-10-11-12-13-18-26-19-15-24(14-9-2,16-20-26)29-30(28-21-17-25-7)27(22(3)4)23(5)6/h22-23H,8-21H2,1-6H3. The number of hydrogen-bond acceptors (Lipinski definition) is 4. The summed E-state index contributed by atoms with van der Waals surface area (Å²) in [6, 6.07) is 0.705. The molecule has 1 heterocycles. The molecule has 0 aromatic carbocycles. The van der Waals surface area contributed by atoms with Gasteiger partial charge in [0.25, 0.3) is 8.53 Å². The van der Waals surface area contributed by atoms with Crippen molar-refractivity contribution in [3.8, 4) is 0 Å². The van der Waals surface area contributed by atoms with Crippen molar-refractivity contribution in [1.29, 1.82) is 0 Å². The van der Waals surface area contributed by atoms with Gasteiger partial charge >= 0.3 is 0 Å². The third-order valence-electron chi connectivity index (χ3n) is 5.97. The van der Waals surface area contributed by atoms with Gasteiger partial charge in [-0.2, -0.15) is 0 Å². The van der Waals surface area contributed by atoms with Crippen molar-refractivity contribution < 1.29 is 9.05 Å². The van der Waals surface area contributed by atoms with Gasteiger partial charge in [-0.3, -0.25) is 0 Å². The van der Waals surface area contributed by atoms with Gasteiger partial charge in [-0.15, -0.1) is 0 Å². The minimum Gasteiger partial charge on any atom is -0.315 e. The Morgan fingerprint density at radius 2 is 1.63 bits per heavy atom. The second-order valence-corrected chi connectivity index (χ2v) is 10.7. The van der Waals surface area contributed by atoms with Crippen LogP contribution in [0.25, 0.3) is 4.85 Å². The minimum atomic E-state index is -1.16. The van der Waals surface area contributed by atoms with Crippen LogP contribution in [0.3, 0.4) is 0 Å².